The van der Waals surface area contributed by atoms with Crippen LogP contribution < -0.4 is 9.47 Å². The third kappa shape index (κ3) is 2.55. The molecule has 1 aromatic heterocycles. The zero-order valence-electron chi connectivity index (χ0n) is 12.5. The van der Waals surface area contributed by atoms with Gasteiger partial charge in [-0.3, -0.25) is 0 Å². The Balaban J connectivity index is 2.10. The van der Waals surface area contributed by atoms with Crippen molar-refractivity contribution in [1.29, 1.82) is 0 Å². The van der Waals surface area contributed by atoms with Gasteiger partial charge in [-0.2, -0.15) is 11.8 Å². The van der Waals surface area contributed by atoms with Crippen LogP contribution in [0.25, 0.3) is 11.0 Å². The van der Waals surface area contributed by atoms with Crippen LogP contribution in [0.2, 0.25) is 0 Å². The first-order chi connectivity index (χ1) is 10.2. The topological polar surface area (TPSA) is 39.2 Å². The molecule has 6 heteroatoms. The maximum atomic E-state index is 5.54. The number of benzene rings is 1. The van der Waals surface area contributed by atoms with Crippen molar-refractivity contribution in [2.24, 2.45) is 0 Å². The van der Waals surface area contributed by atoms with Gasteiger partial charge in [0.25, 0.3) is 0 Å². The van der Waals surface area contributed by atoms with Crippen molar-refractivity contribution in [1.82, 2.24) is 9.55 Å². The van der Waals surface area contributed by atoms with Crippen LogP contribution in [0.3, 0.4) is 0 Å². The first kappa shape index (κ1) is 14.8. The molecule has 21 heavy (non-hydrogen) atoms. The number of methoxy groups -OCH3 is 2. The second kappa shape index (κ2) is 5.93. The van der Waals surface area contributed by atoms with Gasteiger partial charge < -0.3 is 19.0 Å². The van der Waals surface area contributed by atoms with Crippen molar-refractivity contribution in [3.05, 3.63) is 16.9 Å². The molecular weight excluding hydrogens is 304 g/mol. The summed E-state index contributed by atoms with van der Waals surface area (Å²) in [4.78, 5) is 3.30. The Labute approximate surface area is 133 Å². The Morgan fingerprint density at radius 3 is 2.57 bits per heavy atom. The number of H-pyrrole nitrogens is 1. The normalized spacial score (nSPS) is 21.9. The van der Waals surface area contributed by atoms with E-state index in [2.05, 4.69) is 15.8 Å². The first-order valence-electron chi connectivity index (χ1n) is 7.07. The Bertz CT molecular complexity index is 707. The molecule has 1 heterocycles. The van der Waals surface area contributed by atoms with Crippen LogP contribution >= 0.6 is 24.0 Å². The van der Waals surface area contributed by atoms with Crippen molar-refractivity contribution in [3.63, 3.8) is 0 Å². The van der Waals surface area contributed by atoms with Gasteiger partial charge in [-0.1, -0.05) is 0 Å². The molecule has 1 N–H and O–H groups in total. The summed E-state index contributed by atoms with van der Waals surface area (Å²) in [5, 5.41) is 0.738. The van der Waals surface area contributed by atoms with Gasteiger partial charge in [-0.05, 0) is 37.7 Å². The van der Waals surface area contributed by atoms with E-state index >= 15 is 0 Å². The molecule has 0 amide bonds. The summed E-state index contributed by atoms with van der Waals surface area (Å²) >= 11 is 7.50. The Morgan fingerprint density at radius 2 is 1.95 bits per heavy atom. The lowest BCUT2D eigenvalue weighted by molar-refractivity contribution is 0.355. The summed E-state index contributed by atoms with van der Waals surface area (Å²) in [7, 11) is 3.31. The van der Waals surface area contributed by atoms with Crippen molar-refractivity contribution >= 4 is 35.0 Å². The lowest BCUT2D eigenvalue weighted by atomic mass is 10.2. The van der Waals surface area contributed by atoms with E-state index < -0.39 is 0 Å². The number of fused-ring (bicyclic) bond motifs is 1. The quantitative estimate of drug-likeness (QED) is 0.857. The van der Waals surface area contributed by atoms with E-state index in [1.54, 1.807) is 14.2 Å². The highest BCUT2D eigenvalue weighted by molar-refractivity contribution is 7.99. The summed E-state index contributed by atoms with van der Waals surface area (Å²) in [5.74, 6) is 1.47. The fraction of sp³-hybridized carbons (Fsp3) is 0.533. The molecule has 0 saturated heterocycles. The summed E-state index contributed by atoms with van der Waals surface area (Å²) in [5.41, 5.74) is 2.11. The van der Waals surface area contributed by atoms with Gasteiger partial charge in [0.15, 0.2) is 16.3 Å². The van der Waals surface area contributed by atoms with E-state index in [4.69, 9.17) is 21.7 Å². The highest BCUT2D eigenvalue weighted by Gasteiger charge is 2.27. The van der Waals surface area contributed by atoms with Gasteiger partial charge in [0.2, 0.25) is 0 Å². The number of ether oxygens (including phenoxy) is 2. The molecule has 1 saturated carbocycles. The number of aromatic nitrogens is 2. The predicted molar refractivity (Wildman–Crippen MR) is 90.4 cm³/mol. The van der Waals surface area contributed by atoms with Gasteiger partial charge >= 0.3 is 0 Å². The second-order valence-electron chi connectivity index (χ2n) is 5.35. The standard InChI is InChI=1S/C15H20N2O2S2/c1-18-13-7-11-12(8-14(13)19-2)17(15(20)16-11)9-4-5-10(6-9)21-3/h7-10H,4-6H2,1-3H3,(H,16,20). The van der Waals surface area contributed by atoms with Crippen LogP contribution in [0, 0.1) is 4.77 Å². The van der Waals surface area contributed by atoms with E-state index in [-0.39, 0.29) is 0 Å². The molecule has 0 bridgehead atoms. The van der Waals surface area contributed by atoms with Gasteiger partial charge in [-0.25, -0.2) is 0 Å². The fourth-order valence-corrected chi connectivity index (χ4v) is 4.32. The molecule has 2 aromatic rings. The highest BCUT2D eigenvalue weighted by Crippen LogP contribution is 2.39. The van der Waals surface area contributed by atoms with Crippen LogP contribution in [-0.4, -0.2) is 35.3 Å². The molecule has 3 rings (SSSR count). The third-order valence-electron chi connectivity index (χ3n) is 4.28. The van der Waals surface area contributed by atoms with Crippen molar-refractivity contribution in [2.75, 3.05) is 20.5 Å². The number of nitrogens with one attached hydrogen (secondary N) is 1. The van der Waals surface area contributed by atoms with Crippen LogP contribution in [0.5, 0.6) is 11.5 Å². The van der Waals surface area contributed by atoms with Gasteiger partial charge in [0.1, 0.15) is 0 Å². The number of imidazole rings is 1. The van der Waals surface area contributed by atoms with E-state index in [0.717, 1.165) is 32.6 Å². The SMILES string of the molecule is COc1cc2[nH]c(=S)n(C3CCC(SC)C3)c2cc1OC. The molecule has 1 aromatic carbocycles. The van der Waals surface area contributed by atoms with Crippen molar-refractivity contribution < 1.29 is 9.47 Å². The average molecular weight is 324 g/mol. The Hall–Kier alpha value is -1.14. The highest BCUT2D eigenvalue weighted by atomic mass is 32.2. The molecule has 0 radical (unpaired) electrons. The monoisotopic (exact) mass is 324 g/mol. The molecule has 1 aliphatic rings. The Kier molecular flexibility index (Phi) is 4.17. The minimum absolute atomic E-state index is 0.474. The van der Waals surface area contributed by atoms with E-state index in [1.807, 2.05) is 23.9 Å². The number of hydrogen-bond acceptors (Lipinski definition) is 4. The molecular formula is C15H20N2O2S2. The number of thioether (sulfide) groups is 1. The summed E-state index contributed by atoms with van der Waals surface area (Å²) in [6.45, 7) is 0. The van der Waals surface area contributed by atoms with E-state index in [9.17, 15) is 0 Å². The molecule has 2 atom stereocenters. The van der Waals surface area contributed by atoms with Gasteiger partial charge in [-0.15, -0.1) is 0 Å². The van der Waals surface area contributed by atoms with Crippen LogP contribution in [0.15, 0.2) is 12.1 Å². The maximum absolute atomic E-state index is 5.54. The summed E-state index contributed by atoms with van der Waals surface area (Å²) in [6.07, 6.45) is 5.81. The van der Waals surface area contributed by atoms with Gasteiger partial charge in [0, 0.05) is 23.4 Å². The van der Waals surface area contributed by atoms with Gasteiger partial charge in [0.05, 0.1) is 25.3 Å². The zero-order valence-corrected chi connectivity index (χ0v) is 14.1. The van der Waals surface area contributed by atoms with Crippen molar-refractivity contribution in [3.8, 4) is 11.5 Å². The largest absolute Gasteiger partial charge is 0.493 e. The smallest absolute Gasteiger partial charge is 0.178 e. The molecule has 4 nitrogen and oxygen atoms in total. The minimum Gasteiger partial charge on any atom is -0.493 e. The van der Waals surface area contributed by atoms with Crippen LogP contribution in [0.4, 0.5) is 0 Å². The lowest BCUT2D eigenvalue weighted by Crippen LogP contribution is -2.06. The maximum Gasteiger partial charge on any atom is 0.178 e. The molecule has 0 aliphatic heterocycles. The van der Waals surface area contributed by atoms with Crippen LogP contribution in [0.1, 0.15) is 25.3 Å². The van der Waals surface area contributed by atoms with E-state index in [1.165, 1.54) is 19.3 Å². The fourth-order valence-electron chi connectivity index (χ4n) is 3.18. The molecule has 1 fully saturated rings. The van der Waals surface area contributed by atoms with Crippen LogP contribution in [-0.2, 0) is 0 Å². The van der Waals surface area contributed by atoms with Crippen molar-refractivity contribution in [2.45, 2.75) is 30.6 Å². The lowest BCUT2D eigenvalue weighted by Gasteiger charge is -2.14. The second-order valence-corrected chi connectivity index (χ2v) is 6.87. The minimum atomic E-state index is 0.474. The number of aromatic amines is 1. The molecule has 0 spiro atoms. The van der Waals surface area contributed by atoms with E-state index in [0.29, 0.717) is 6.04 Å². The zero-order chi connectivity index (χ0) is 15.0. The number of hydrogen-bond donors (Lipinski definition) is 1. The number of nitrogens with zero attached hydrogens (tertiary/aromatic N) is 1. The number of rotatable bonds is 4. The molecule has 2 unspecified atom stereocenters. The Morgan fingerprint density at radius 1 is 1.24 bits per heavy atom. The predicted octanol–water partition coefficient (Wildman–Crippen LogP) is 4.17. The third-order valence-corrected chi connectivity index (χ3v) is 5.67. The average Bonchev–Trinajstić information content (AvgIpc) is 3.08. The molecule has 1 aliphatic carbocycles. The molecule has 114 valence electrons. The summed E-state index contributed by atoms with van der Waals surface area (Å²) in [6, 6.07) is 4.45. The first-order valence-corrected chi connectivity index (χ1v) is 8.76. The summed E-state index contributed by atoms with van der Waals surface area (Å²) < 4.78 is 13.8.